The minimum absolute atomic E-state index is 2.00. The molecular weight excluding hydrogens is 204 g/mol. The number of rotatable bonds is 1. The molecule has 6 heteroatoms. The second kappa shape index (κ2) is 5.96. The van der Waals surface area contributed by atoms with Crippen LogP contribution in [0.4, 0.5) is 0 Å². The first-order valence-corrected chi connectivity index (χ1v) is 4.51. The second-order valence-electron chi connectivity index (χ2n) is 1.65. The maximum Gasteiger partial charge on any atom is 0.413 e. The fourth-order valence-electron chi connectivity index (χ4n) is 0.385. The molecular formula is C6H7ClO4S. The van der Waals surface area contributed by atoms with Crippen LogP contribution in [-0.4, -0.2) is 13.0 Å². The van der Waals surface area contributed by atoms with Gasteiger partial charge in [0.2, 0.25) is 0 Å². The van der Waals surface area contributed by atoms with Crippen LogP contribution in [-0.2, 0) is 14.1 Å². The molecule has 0 saturated heterocycles. The van der Waals surface area contributed by atoms with E-state index in [0.717, 1.165) is 0 Å². The zero-order valence-corrected chi connectivity index (χ0v) is 7.49. The average Bonchev–Trinajstić information content (AvgIpc) is 2.07. The lowest BCUT2D eigenvalue weighted by atomic mass is 10.4. The van der Waals surface area contributed by atoms with Crippen molar-refractivity contribution >= 4 is 22.3 Å². The van der Waals surface area contributed by atoms with Gasteiger partial charge in [-0.1, -0.05) is 36.4 Å². The Kier molecular flexibility index (Phi) is 5.65. The first-order chi connectivity index (χ1) is 5.56. The highest BCUT2D eigenvalue weighted by Crippen LogP contribution is 1.86. The van der Waals surface area contributed by atoms with Gasteiger partial charge in [0, 0.05) is 0 Å². The fraction of sp³-hybridized carbons (Fsp3) is 0. The third kappa shape index (κ3) is 9.38. The predicted molar refractivity (Wildman–Crippen MR) is 44.9 cm³/mol. The standard InChI is InChI=1S/C6H6.ClHO4S/c1-2-4-6-5-3-1;1-5-6(2,3)4/h1-6H;(H,2,3,4). The molecule has 0 aliphatic heterocycles. The predicted octanol–water partition coefficient (Wildman–Crippen LogP) is 1.65. The highest BCUT2D eigenvalue weighted by molar-refractivity contribution is 7.81. The van der Waals surface area contributed by atoms with Gasteiger partial charge in [-0.25, -0.2) is 0 Å². The van der Waals surface area contributed by atoms with Crippen molar-refractivity contribution < 1.29 is 16.7 Å². The van der Waals surface area contributed by atoms with Crippen molar-refractivity contribution in [1.82, 2.24) is 0 Å². The smallest absolute Gasteiger partial charge is 0.263 e. The van der Waals surface area contributed by atoms with Crippen LogP contribution in [0.1, 0.15) is 0 Å². The summed E-state index contributed by atoms with van der Waals surface area (Å²) in [5.74, 6) is 0. The molecule has 0 aliphatic carbocycles. The Labute approximate surface area is 75.9 Å². The van der Waals surface area contributed by atoms with Gasteiger partial charge in [0.1, 0.15) is 0 Å². The highest BCUT2D eigenvalue weighted by atomic mass is 35.5. The molecule has 0 saturated carbocycles. The molecule has 68 valence electrons. The zero-order chi connectivity index (χ0) is 9.45. The van der Waals surface area contributed by atoms with Crippen LogP contribution < -0.4 is 0 Å². The van der Waals surface area contributed by atoms with Crippen LogP contribution in [0, 0.1) is 0 Å². The molecule has 0 amide bonds. The van der Waals surface area contributed by atoms with Crippen molar-refractivity contribution in [2.24, 2.45) is 0 Å². The molecule has 0 unspecified atom stereocenters. The maximum atomic E-state index is 9.20. The van der Waals surface area contributed by atoms with E-state index in [1.807, 2.05) is 36.4 Å². The second-order valence-corrected chi connectivity index (χ2v) is 3.00. The molecule has 0 fully saturated rings. The fourth-order valence-corrected chi connectivity index (χ4v) is 0.385. The first kappa shape index (κ1) is 11.4. The number of hydrogen-bond acceptors (Lipinski definition) is 3. The molecule has 0 bridgehead atoms. The van der Waals surface area contributed by atoms with Crippen LogP contribution in [0.5, 0.6) is 0 Å². The minimum Gasteiger partial charge on any atom is -0.263 e. The van der Waals surface area contributed by atoms with Crippen molar-refractivity contribution in [2.75, 3.05) is 0 Å². The normalized spacial score (nSPS) is 9.83. The van der Waals surface area contributed by atoms with Gasteiger partial charge < -0.3 is 0 Å². The van der Waals surface area contributed by atoms with Gasteiger partial charge in [-0.2, -0.15) is 8.42 Å². The van der Waals surface area contributed by atoms with Gasteiger partial charge in [-0.15, -0.1) is 3.74 Å². The summed E-state index contributed by atoms with van der Waals surface area (Å²) in [5.41, 5.74) is 0. The van der Waals surface area contributed by atoms with Gasteiger partial charge in [0.15, 0.2) is 0 Å². The van der Waals surface area contributed by atoms with Gasteiger partial charge >= 0.3 is 10.4 Å². The third-order valence-electron chi connectivity index (χ3n) is 0.746. The van der Waals surface area contributed by atoms with Crippen molar-refractivity contribution in [2.45, 2.75) is 0 Å². The van der Waals surface area contributed by atoms with Crippen LogP contribution in [0.3, 0.4) is 0 Å². The number of halogens is 1. The Balaban J connectivity index is 0.000000202. The van der Waals surface area contributed by atoms with Crippen LogP contribution in [0.15, 0.2) is 36.4 Å². The van der Waals surface area contributed by atoms with E-state index in [9.17, 15) is 8.42 Å². The van der Waals surface area contributed by atoms with Crippen LogP contribution >= 0.6 is 11.9 Å². The summed E-state index contributed by atoms with van der Waals surface area (Å²) in [7, 11) is -4.40. The van der Waals surface area contributed by atoms with Gasteiger partial charge in [0.25, 0.3) is 0 Å². The molecule has 0 radical (unpaired) electrons. The monoisotopic (exact) mass is 210 g/mol. The Morgan fingerprint density at radius 1 is 1.00 bits per heavy atom. The summed E-state index contributed by atoms with van der Waals surface area (Å²) in [6, 6.07) is 12.0. The zero-order valence-electron chi connectivity index (χ0n) is 5.92. The highest BCUT2D eigenvalue weighted by Gasteiger charge is 1.97. The summed E-state index contributed by atoms with van der Waals surface area (Å²) in [6.07, 6.45) is 0. The molecule has 1 N–H and O–H groups in total. The lowest BCUT2D eigenvalue weighted by molar-refractivity contribution is 0.400. The van der Waals surface area contributed by atoms with Crippen LogP contribution in [0.25, 0.3) is 0 Å². The van der Waals surface area contributed by atoms with Gasteiger partial charge in [-0.05, 0) is 0 Å². The molecule has 0 spiro atoms. The molecule has 4 nitrogen and oxygen atoms in total. The Hall–Kier alpha value is -0.620. The summed E-state index contributed by atoms with van der Waals surface area (Å²) < 4.78 is 28.8. The Morgan fingerprint density at radius 2 is 1.17 bits per heavy atom. The van der Waals surface area contributed by atoms with E-state index in [1.54, 1.807) is 0 Å². The molecule has 0 aliphatic rings. The quantitative estimate of drug-likeness (QED) is 0.716. The van der Waals surface area contributed by atoms with Crippen molar-refractivity contribution in [1.29, 1.82) is 0 Å². The van der Waals surface area contributed by atoms with E-state index >= 15 is 0 Å². The van der Waals surface area contributed by atoms with Crippen molar-refractivity contribution in [3.05, 3.63) is 36.4 Å². The maximum absolute atomic E-state index is 9.20. The molecule has 0 atom stereocenters. The average molecular weight is 211 g/mol. The molecule has 1 aromatic rings. The third-order valence-corrected chi connectivity index (χ3v) is 1.38. The van der Waals surface area contributed by atoms with E-state index in [1.165, 1.54) is 0 Å². The summed E-state index contributed by atoms with van der Waals surface area (Å²) in [5, 5.41) is 0. The van der Waals surface area contributed by atoms with Crippen molar-refractivity contribution in [3.63, 3.8) is 0 Å². The lowest BCUT2D eigenvalue weighted by Gasteiger charge is -1.77. The van der Waals surface area contributed by atoms with E-state index in [0.29, 0.717) is 0 Å². The molecule has 0 heterocycles. The molecule has 1 aromatic carbocycles. The van der Waals surface area contributed by atoms with E-state index in [-0.39, 0.29) is 0 Å². The summed E-state index contributed by atoms with van der Waals surface area (Å²) in [6.45, 7) is 0. The Morgan fingerprint density at radius 3 is 1.25 bits per heavy atom. The summed E-state index contributed by atoms with van der Waals surface area (Å²) in [4.78, 5) is 0. The van der Waals surface area contributed by atoms with Crippen LogP contribution in [0.2, 0.25) is 0 Å². The largest absolute Gasteiger partial charge is 0.413 e. The first-order valence-electron chi connectivity index (χ1n) is 2.84. The topological polar surface area (TPSA) is 63.6 Å². The SMILES string of the molecule is O=S(=O)(O)OCl.c1ccccc1. The Bertz CT molecular complexity index is 257. The molecule has 0 aromatic heterocycles. The van der Waals surface area contributed by atoms with E-state index in [4.69, 9.17) is 4.55 Å². The van der Waals surface area contributed by atoms with Crippen molar-refractivity contribution in [3.8, 4) is 0 Å². The minimum atomic E-state index is -4.40. The van der Waals surface area contributed by atoms with E-state index in [2.05, 4.69) is 15.6 Å². The number of hydrogen-bond donors (Lipinski definition) is 1. The van der Waals surface area contributed by atoms with Gasteiger partial charge in [0.05, 0.1) is 11.9 Å². The van der Waals surface area contributed by atoms with E-state index < -0.39 is 10.4 Å². The lowest BCUT2D eigenvalue weighted by Crippen LogP contribution is -1.92. The molecule has 12 heavy (non-hydrogen) atoms. The van der Waals surface area contributed by atoms with Gasteiger partial charge in [-0.3, -0.25) is 4.55 Å². The molecule has 1 rings (SSSR count). The number of benzene rings is 1. The summed E-state index contributed by atoms with van der Waals surface area (Å²) >= 11 is 4.14.